The predicted molar refractivity (Wildman–Crippen MR) is 89.8 cm³/mol. The largest absolute Gasteiger partial charge is 0.329 e. The first-order valence-electron chi connectivity index (χ1n) is 7.37. The summed E-state index contributed by atoms with van der Waals surface area (Å²) >= 11 is 5.67. The van der Waals surface area contributed by atoms with Crippen molar-refractivity contribution in [2.75, 3.05) is 11.9 Å². The Morgan fingerprint density at radius 3 is 2.52 bits per heavy atom. The number of carbonyl (C=O) groups excluding carboxylic acids is 3. The molecule has 0 unspecified atom stereocenters. The van der Waals surface area contributed by atoms with E-state index in [2.05, 4.69) is 10.6 Å². The maximum Gasteiger partial charge on any atom is 0.324 e. The Balaban J connectivity index is 1.68. The molecule has 4 amide bonds. The fraction of sp³-hybridized carbons (Fsp3) is 0.118. The number of benzene rings is 2. The van der Waals surface area contributed by atoms with Crippen LogP contribution in [0, 0.1) is 5.82 Å². The van der Waals surface area contributed by atoms with Crippen molar-refractivity contribution in [2.45, 2.75) is 6.54 Å². The third kappa shape index (κ3) is 3.77. The molecule has 1 fully saturated rings. The van der Waals surface area contributed by atoms with Crippen LogP contribution in [0.2, 0.25) is 5.02 Å². The number of nitrogens with one attached hydrogen (secondary N) is 2. The molecule has 0 aliphatic carbocycles. The van der Waals surface area contributed by atoms with Gasteiger partial charge in [0, 0.05) is 10.6 Å². The van der Waals surface area contributed by atoms with Crippen LogP contribution in [0.15, 0.2) is 42.5 Å². The van der Waals surface area contributed by atoms with Gasteiger partial charge in [0.05, 0.1) is 18.8 Å². The molecule has 8 heteroatoms. The molecule has 0 spiro atoms. The summed E-state index contributed by atoms with van der Waals surface area (Å²) in [4.78, 5) is 36.3. The number of hydrogen-bond acceptors (Lipinski definition) is 3. The Hall–Kier alpha value is -2.93. The highest BCUT2D eigenvalue weighted by molar-refractivity contribution is 6.30. The van der Waals surface area contributed by atoms with Gasteiger partial charge in [-0.2, -0.15) is 0 Å². The molecule has 2 aromatic carbocycles. The van der Waals surface area contributed by atoms with E-state index in [1.807, 2.05) is 0 Å². The first-order valence-corrected chi connectivity index (χ1v) is 7.75. The number of hydrogen-bond donors (Lipinski definition) is 2. The lowest BCUT2D eigenvalue weighted by Crippen LogP contribution is -2.30. The zero-order chi connectivity index (χ0) is 18.0. The summed E-state index contributed by atoms with van der Waals surface area (Å²) in [6, 6.07) is 9.86. The van der Waals surface area contributed by atoms with E-state index in [9.17, 15) is 18.8 Å². The summed E-state index contributed by atoms with van der Waals surface area (Å²) < 4.78 is 13.7. The molecule has 25 heavy (non-hydrogen) atoms. The Labute approximate surface area is 147 Å². The summed E-state index contributed by atoms with van der Waals surface area (Å²) in [5.41, 5.74) is 1.03. The van der Waals surface area contributed by atoms with Crippen molar-refractivity contribution < 1.29 is 18.8 Å². The second kappa shape index (κ2) is 6.90. The minimum atomic E-state index is -0.629. The van der Waals surface area contributed by atoms with Crippen LogP contribution in [0.1, 0.15) is 15.9 Å². The smallest absolute Gasteiger partial charge is 0.324 e. The Morgan fingerprint density at radius 1 is 1.20 bits per heavy atom. The third-order valence-electron chi connectivity index (χ3n) is 3.67. The minimum absolute atomic E-state index is 0.00796. The van der Waals surface area contributed by atoms with E-state index in [1.54, 1.807) is 12.1 Å². The minimum Gasteiger partial charge on any atom is -0.329 e. The Kier molecular flexibility index (Phi) is 4.67. The van der Waals surface area contributed by atoms with Crippen molar-refractivity contribution in [2.24, 2.45) is 0 Å². The van der Waals surface area contributed by atoms with E-state index in [0.29, 0.717) is 11.1 Å². The van der Waals surface area contributed by atoms with Crippen LogP contribution in [0.25, 0.3) is 0 Å². The number of urea groups is 1. The molecule has 0 aromatic heterocycles. The summed E-state index contributed by atoms with van der Waals surface area (Å²) in [5.74, 6) is -1.41. The first kappa shape index (κ1) is 16.9. The molecule has 1 heterocycles. The second-order valence-electron chi connectivity index (χ2n) is 5.41. The van der Waals surface area contributed by atoms with Gasteiger partial charge in [0.1, 0.15) is 5.82 Å². The highest BCUT2D eigenvalue weighted by Gasteiger charge is 2.28. The molecule has 0 atom stereocenters. The number of halogens is 2. The summed E-state index contributed by atoms with van der Waals surface area (Å²) in [6.45, 7) is 0.115. The molecule has 2 aromatic rings. The number of carbonyl (C=O) groups is 3. The van der Waals surface area contributed by atoms with Crippen molar-refractivity contribution in [1.29, 1.82) is 0 Å². The lowest BCUT2D eigenvalue weighted by molar-refractivity contribution is -0.125. The lowest BCUT2D eigenvalue weighted by Gasteiger charge is -2.12. The predicted octanol–water partition coefficient (Wildman–Crippen LogP) is 2.78. The molecule has 1 aliphatic rings. The van der Waals surface area contributed by atoms with E-state index >= 15 is 0 Å². The Bertz CT molecular complexity index is 839. The molecule has 0 saturated carbocycles. The van der Waals surface area contributed by atoms with E-state index in [0.717, 1.165) is 11.0 Å². The summed E-state index contributed by atoms with van der Waals surface area (Å²) in [7, 11) is 0. The molecular weight excluding hydrogens is 349 g/mol. The molecule has 1 saturated heterocycles. The molecule has 2 N–H and O–H groups in total. The Morgan fingerprint density at radius 2 is 1.92 bits per heavy atom. The van der Waals surface area contributed by atoms with Crippen LogP contribution < -0.4 is 10.6 Å². The van der Waals surface area contributed by atoms with Gasteiger partial charge >= 0.3 is 6.03 Å². The van der Waals surface area contributed by atoms with E-state index in [1.165, 1.54) is 24.3 Å². The number of rotatable bonds is 4. The number of anilines is 1. The van der Waals surface area contributed by atoms with Crippen molar-refractivity contribution in [1.82, 2.24) is 10.2 Å². The third-order valence-corrected chi connectivity index (χ3v) is 3.91. The van der Waals surface area contributed by atoms with E-state index in [4.69, 9.17) is 11.6 Å². The van der Waals surface area contributed by atoms with E-state index < -0.39 is 17.8 Å². The highest BCUT2D eigenvalue weighted by atomic mass is 35.5. The fourth-order valence-corrected chi connectivity index (χ4v) is 2.50. The summed E-state index contributed by atoms with van der Waals surface area (Å²) in [6.07, 6.45) is 0. The molecular formula is C17H13ClFN3O3. The van der Waals surface area contributed by atoms with Gasteiger partial charge in [0.25, 0.3) is 5.91 Å². The number of nitrogens with zero attached hydrogens (tertiary/aromatic N) is 1. The lowest BCUT2D eigenvalue weighted by atomic mass is 10.1. The molecule has 1 aliphatic heterocycles. The van der Waals surface area contributed by atoms with Crippen molar-refractivity contribution in [3.63, 3.8) is 0 Å². The van der Waals surface area contributed by atoms with Gasteiger partial charge < -0.3 is 10.6 Å². The molecule has 128 valence electrons. The average molecular weight is 362 g/mol. The molecule has 0 bridgehead atoms. The monoisotopic (exact) mass is 361 g/mol. The zero-order valence-corrected chi connectivity index (χ0v) is 13.6. The highest BCUT2D eigenvalue weighted by Crippen LogP contribution is 2.20. The van der Waals surface area contributed by atoms with E-state index in [-0.39, 0.29) is 29.7 Å². The van der Waals surface area contributed by atoms with Crippen LogP contribution >= 0.6 is 11.6 Å². The van der Waals surface area contributed by atoms with Crippen LogP contribution in [0.5, 0.6) is 0 Å². The van der Waals surface area contributed by atoms with Gasteiger partial charge in [-0.1, -0.05) is 23.7 Å². The fourth-order valence-electron chi connectivity index (χ4n) is 2.34. The number of amides is 4. The van der Waals surface area contributed by atoms with Gasteiger partial charge in [-0.15, -0.1) is 0 Å². The standard InChI is InChI=1S/C17H13ClFN3O3/c18-12-5-6-14(13(19)7-12)21-16(24)11-3-1-10(2-4-11)9-22-15(23)8-20-17(22)25/h1-7H,8-9H2,(H,20,25)(H,21,24). The second-order valence-corrected chi connectivity index (χ2v) is 5.85. The van der Waals surface area contributed by atoms with Crippen LogP contribution in [-0.2, 0) is 11.3 Å². The van der Waals surface area contributed by atoms with Crippen molar-refractivity contribution in [3.8, 4) is 0 Å². The maximum absolute atomic E-state index is 13.7. The SMILES string of the molecule is O=C(Nc1ccc(Cl)cc1F)c1ccc(CN2C(=O)CNC2=O)cc1. The molecule has 6 nitrogen and oxygen atoms in total. The van der Waals surface area contributed by atoms with Gasteiger partial charge in [0.2, 0.25) is 5.91 Å². The van der Waals surface area contributed by atoms with Gasteiger partial charge in [-0.25, -0.2) is 9.18 Å². The maximum atomic E-state index is 13.7. The average Bonchev–Trinajstić information content (AvgIpc) is 2.90. The van der Waals surface area contributed by atoms with Gasteiger partial charge in [0.15, 0.2) is 0 Å². The first-order chi connectivity index (χ1) is 11.9. The zero-order valence-electron chi connectivity index (χ0n) is 12.9. The van der Waals surface area contributed by atoms with Crippen LogP contribution in [-0.4, -0.2) is 29.3 Å². The summed E-state index contributed by atoms with van der Waals surface area (Å²) in [5, 5.41) is 5.13. The topological polar surface area (TPSA) is 78.5 Å². The van der Waals surface area contributed by atoms with Crippen LogP contribution in [0.3, 0.4) is 0 Å². The molecule has 3 rings (SSSR count). The quantitative estimate of drug-likeness (QED) is 0.822. The van der Waals surface area contributed by atoms with Gasteiger partial charge in [-0.3, -0.25) is 14.5 Å². The van der Waals surface area contributed by atoms with Crippen molar-refractivity contribution >= 4 is 35.1 Å². The van der Waals surface area contributed by atoms with Crippen LogP contribution in [0.4, 0.5) is 14.9 Å². The number of imide groups is 1. The van der Waals surface area contributed by atoms with Gasteiger partial charge in [-0.05, 0) is 35.9 Å². The normalized spacial score (nSPS) is 13.8. The molecule has 0 radical (unpaired) electrons. The van der Waals surface area contributed by atoms with Crippen molar-refractivity contribution in [3.05, 3.63) is 64.4 Å².